The van der Waals surface area contributed by atoms with Gasteiger partial charge in [0.05, 0.1) is 6.61 Å². The smallest absolute Gasteiger partial charge is 0.200 e. The molecule has 1 aromatic rings. The van der Waals surface area contributed by atoms with Crippen molar-refractivity contribution in [2.75, 3.05) is 13.2 Å². The van der Waals surface area contributed by atoms with Crippen molar-refractivity contribution < 1.29 is 22.6 Å². The fourth-order valence-electron chi connectivity index (χ4n) is 1.85. The van der Waals surface area contributed by atoms with Crippen molar-refractivity contribution in [3.63, 3.8) is 0 Å². The summed E-state index contributed by atoms with van der Waals surface area (Å²) in [6, 6.07) is 2.78. The van der Waals surface area contributed by atoms with Gasteiger partial charge in [-0.1, -0.05) is 44.5 Å². The van der Waals surface area contributed by atoms with Crippen LogP contribution in [0.2, 0.25) is 0 Å². The fraction of sp³-hybridized carbons (Fsp3) is 0.182. The van der Waals surface area contributed by atoms with E-state index in [0.717, 1.165) is 6.08 Å². The fourth-order valence-corrected chi connectivity index (χ4v) is 1.85. The topological polar surface area (TPSA) is 18.5 Å². The first-order valence-corrected chi connectivity index (χ1v) is 8.18. The first-order valence-electron chi connectivity index (χ1n) is 8.18. The second kappa shape index (κ2) is 10.3. The van der Waals surface area contributed by atoms with Gasteiger partial charge in [-0.2, -0.15) is 4.39 Å². The Bertz CT molecular complexity index is 817. The Labute approximate surface area is 158 Å². The molecule has 0 aliphatic heterocycles. The third kappa shape index (κ3) is 6.70. The minimum atomic E-state index is -1.04. The number of halogens is 3. The van der Waals surface area contributed by atoms with Crippen LogP contribution in [-0.2, 0) is 4.74 Å². The van der Waals surface area contributed by atoms with Gasteiger partial charge in [0.1, 0.15) is 12.4 Å². The molecule has 0 saturated carbocycles. The van der Waals surface area contributed by atoms with E-state index in [1.165, 1.54) is 19.1 Å². The van der Waals surface area contributed by atoms with Crippen molar-refractivity contribution in [2.45, 2.75) is 13.8 Å². The molecule has 0 fully saturated rings. The van der Waals surface area contributed by atoms with Crippen LogP contribution in [0.5, 0.6) is 5.75 Å². The Hall–Kier alpha value is -2.95. The molecule has 0 heterocycles. The SMILES string of the molecule is C=C(/C=C\C(=C)C(=C)/C=C(/F)C(=C)OCC)COc1ccc(C)c(F)c1F. The maximum absolute atomic E-state index is 13.8. The van der Waals surface area contributed by atoms with Crippen molar-refractivity contribution in [2.24, 2.45) is 0 Å². The van der Waals surface area contributed by atoms with Gasteiger partial charge in [-0.05, 0) is 48.3 Å². The molecule has 5 heteroatoms. The number of allylic oxidation sites excluding steroid dienone is 5. The van der Waals surface area contributed by atoms with Crippen molar-refractivity contribution >= 4 is 0 Å². The molecule has 0 spiro atoms. The molecule has 0 saturated heterocycles. The van der Waals surface area contributed by atoms with Crippen LogP contribution in [0.25, 0.3) is 0 Å². The predicted molar refractivity (Wildman–Crippen MR) is 103 cm³/mol. The Balaban J connectivity index is 2.64. The molecule has 0 amide bonds. The average molecular weight is 376 g/mol. The Morgan fingerprint density at radius 2 is 1.70 bits per heavy atom. The van der Waals surface area contributed by atoms with E-state index in [1.54, 1.807) is 19.1 Å². The van der Waals surface area contributed by atoms with Crippen LogP contribution < -0.4 is 4.74 Å². The summed E-state index contributed by atoms with van der Waals surface area (Å²) >= 11 is 0. The van der Waals surface area contributed by atoms with E-state index in [4.69, 9.17) is 9.47 Å². The van der Waals surface area contributed by atoms with E-state index in [-0.39, 0.29) is 23.7 Å². The van der Waals surface area contributed by atoms with Crippen molar-refractivity contribution in [3.8, 4) is 5.75 Å². The van der Waals surface area contributed by atoms with Crippen LogP contribution in [0.1, 0.15) is 12.5 Å². The monoisotopic (exact) mass is 376 g/mol. The lowest BCUT2D eigenvalue weighted by molar-refractivity contribution is 0.226. The highest BCUT2D eigenvalue weighted by atomic mass is 19.2. The van der Waals surface area contributed by atoms with Gasteiger partial charge < -0.3 is 9.47 Å². The summed E-state index contributed by atoms with van der Waals surface area (Å²) in [7, 11) is 0. The van der Waals surface area contributed by atoms with Gasteiger partial charge in [0.25, 0.3) is 0 Å². The molecule has 0 unspecified atom stereocenters. The van der Waals surface area contributed by atoms with Gasteiger partial charge in [0.15, 0.2) is 17.4 Å². The van der Waals surface area contributed by atoms with Crippen LogP contribution in [0.3, 0.4) is 0 Å². The second-order valence-electron chi connectivity index (χ2n) is 5.69. The minimum Gasteiger partial charge on any atom is -0.491 e. The van der Waals surface area contributed by atoms with Gasteiger partial charge in [-0.3, -0.25) is 0 Å². The molecule has 144 valence electrons. The number of aryl methyl sites for hydroxylation is 1. The van der Waals surface area contributed by atoms with Gasteiger partial charge >= 0.3 is 0 Å². The Morgan fingerprint density at radius 1 is 1.04 bits per heavy atom. The normalized spacial score (nSPS) is 11.4. The van der Waals surface area contributed by atoms with E-state index >= 15 is 0 Å². The summed E-state index contributed by atoms with van der Waals surface area (Å²) in [6.07, 6.45) is 4.29. The summed E-state index contributed by atoms with van der Waals surface area (Å²) < 4.78 is 51.3. The summed E-state index contributed by atoms with van der Waals surface area (Å²) in [6.45, 7) is 18.2. The largest absolute Gasteiger partial charge is 0.491 e. The molecular formula is C22H23F3O2. The Kier molecular flexibility index (Phi) is 8.39. The van der Waals surface area contributed by atoms with Gasteiger partial charge in [-0.15, -0.1) is 0 Å². The van der Waals surface area contributed by atoms with Gasteiger partial charge in [-0.25, -0.2) is 8.78 Å². The highest BCUT2D eigenvalue weighted by Crippen LogP contribution is 2.23. The maximum atomic E-state index is 13.8. The zero-order valence-corrected chi connectivity index (χ0v) is 15.6. The molecular weight excluding hydrogens is 353 g/mol. The summed E-state index contributed by atoms with van der Waals surface area (Å²) in [4.78, 5) is 0. The van der Waals surface area contributed by atoms with Crippen LogP contribution in [-0.4, -0.2) is 13.2 Å². The van der Waals surface area contributed by atoms with E-state index < -0.39 is 17.5 Å². The maximum Gasteiger partial charge on any atom is 0.200 e. The third-order valence-electron chi connectivity index (χ3n) is 3.47. The lowest BCUT2D eigenvalue weighted by atomic mass is 10.1. The van der Waals surface area contributed by atoms with Crippen molar-refractivity contribution in [1.82, 2.24) is 0 Å². The first kappa shape index (κ1) is 22.1. The molecule has 0 atom stereocenters. The number of rotatable bonds is 10. The molecule has 0 radical (unpaired) electrons. The number of hydrogen-bond acceptors (Lipinski definition) is 2. The molecule has 1 rings (SSSR count). The molecule has 0 bridgehead atoms. The number of ether oxygens (including phenoxy) is 2. The summed E-state index contributed by atoms with van der Waals surface area (Å²) in [5, 5.41) is 0. The lowest BCUT2D eigenvalue weighted by Gasteiger charge is -2.09. The first-order chi connectivity index (χ1) is 12.7. The van der Waals surface area contributed by atoms with E-state index in [2.05, 4.69) is 26.3 Å². The highest BCUT2D eigenvalue weighted by Gasteiger charge is 2.12. The minimum absolute atomic E-state index is 0.0545. The summed E-state index contributed by atoms with van der Waals surface area (Å²) in [5.41, 5.74) is 1.43. The van der Waals surface area contributed by atoms with E-state index in [9.17, 15) is 13.2 Å². The van der Waals surface area contributed by atoms with E-state index in [1.807, 2.05) is 0 Å². The number of hydrogen-bond donors (Lipinski definition) is 0. The molecule has 2 nitrogen and oxygen atoms in total. The predicted octanol–water partition coefficient (Wildman–Crippen LogP) is 6.28. The third-order valence-corrected chi connectivity index (χ3v) is 3.47. The summed E-state index contributed by atoms with van der Waals surface area (Å²) in [5.74, 6) is -2.91. The van der Waals surface area contributed by atoms with Crippen LogP contribution in [0.15, 0.2) is 85.0 Å². The standard InChI is InChI=1S/C22H23F3O2/c1-7-26-18(6)19(23)12-17(5)15(3)9-8-14(2)13-27-20-11-10-16(4)21(24)22(20)25/h8-12H,2-3,5-7,13H2,1,4H3/b9-8-,19-12+. The van der Waals surface area contributed by atoms with Crippen molar-refractivity contribution in [3.05, 3.63) is 102 Å². The van der Waals surface area contributed by atoms with Crippen LogP contribution in [0.4, 0.5) is 13.2 Å². The Morgan fingerprint density at radius 3 is 2.33 bits per heavy atom. The van der Waals surface area contributed by atoms with Crippen molar-refractivity contribution in [1.29, 1.82) is 0 Å². The zero-order chi connectivity index (χ0) is 20.6. The quantitative estimate of drug-likeness (QED) is 0.353. The highest BCUT2D eigenvalue weighted by molar-refractivity contribution is 5.46. The second-order valence-corrected chi connectivity index (χ2v) is 5.69. The molecule has 0 aliphatic rings. The molecule has 0 aromatic heterocycles. The van der Waals surface area contributed by atoms with Gasteiger partial charge in [0, 0.05) is 0 Å². The van der Waals surface area contributed by atoms with Crippen LogP contribution >= 0.6 is 0 Å². The average Bonchev–Trinajstić information content (AvgIpc) is 2.63. The van der Waals surface area contributed by atoms with Crippen LogP contribution in [0, 0.1) is 18.6 Å². The lowest BCUT2D eigenvalue weighted by Crippen LogP contribution is -2.02. The molecule has 0 N–H and O–H groups in total. The molecule has 27 heavy (non-hydrogen) atoms. The van der Waals surface area contributed by atoms with Gasteiger partial charge in [0.2, 0.25) is 5.82 Å². The van der Waals surface area contributed by atoms with E-state index in [0.29, 0.717) is 23.3 Å². The zero-order valence-electron chi connectivity index (χ0n) is 15.6. The number of benzene rings is 1. The molecule has 1 aromatic carbocycles. The molecule has 0 aliphatic carbocycles.